The molecule has 1 aliphatic rings. The maximum atomic E-state index is 12.8. The van der Waals surface area contributed by atoms with Crippen LogP contribution in [0.15, 0.2) is 53.1 Å². The summed E-state index contributed by atoms with van der Waals surface area (Å²) in [6.07, 6.45) is 1.34. The molecule has 0 saturated carbocycles. The van der Waals surface area contributed by atoms with Gasteiger partial charge in [0.25, 0.3) is 5.91 Å². The number of aromatic nitrogens is 2. The zero-order valence-corrected chi connectivity index (χ0v) is 17.8. The van der Waals surface area contributed by atoms with Gasteiger partial charge in [0.2, 0.25) is 17.6 Å². The third-order valence-electron chi connectivity index (χ3n) is 5.66. The van der Waals surface area contributed by atoms with Gasteiger partial charge in [-0.15, -0.1) is 0 Å². The van der Waals surface area contributed by atoms with E-state index in [2.05, 4.69) is 15.5 Å². The number of nitrogens with one attached hydrogen (secondary N) is 1. The number of nitrogens with zero attached hydrogens (tertiary/aromatic N) is 3. The Kier molecular flexibility index (Phi) is 6.11. The lowest BCUT2D eigenvalue weighted by Gasteiger charge is -2.31. The van der Waals surface area contributed by atoms with Crippen LogP contribution in [0.25, 0.3) is 11.4 Å². The van der Waals surface area contributed by atoms with Crippen molar-refractivity contribution >= 4 is 11.8 Å². The van der Waals surface area contributed by atoms with Crippen molar-refractivity contribution in [2.24, 2.45) is 5.92 Å². The number of carbonyl (C=O) groups excluding carboxylic acids is 2. The fourth-order valence-electron chi connectivity index (χ4n) is 3.75. The highest BCUT2D eigenvalue weighted by Crippen LogP contribution is 2.21. The van der Waals surface area contributed by atoms with E-state index in [9.17, 15) is 9.59 Å². The van der Waals surface area contributed by atoms with Crippen LogP contribution in [-0.2, 0) is 11.3 Å². The molecule has 0 aliphatic carbocycles. The summed E-state index contributed by atoms with van der Waals surface area (Å²) in [6.45, 7) is 5.46. The topological polar surface area (TPSA) is 88.3 Å². The molecule has 0 spiro atoms. The number of hydrogen-bond donors (Lipinski definition) is 1. The van der Waals surface area contributed by atoms with Crippen LogP contribution in [0.1, 0.15) is 40.2 Å². The quantitative estimate of drug-likeness (QED) is 0.685. The largest absolute Gasteiger partial charge is 0.352 e. The molecule has 0 atom stereocenters. The van der Waals surface area contributed by atoms with Gasteiger partial charge in [-0.3, -0.25) is 9.59 Å². The molecular weight excluding hydrogens is 392 g/mol. The highest BCUT2D eigenvalue weighted by Gasteiger charge is 2.27. The van der Waals surface area contributed by atoms with Crippen LogP contribution in [-0.4, -0.2) is 39.9 Å². The Morgan fingerprint density at radius 3 is 2.32 bits per heavy atom. The maximum Gasteiger partial charge on any atom is 0.253 e. The van der Waals surface area contributed by atoms with Gasteiger partial charge in [0.1, 0.15) is 0 Å². The SMILES string of the molecule is Cc1ccc(CNC(=O)C2CCN(C(=O)c3ccc(-c4noc(C)n4)cc3)CC2)cc1. The molecule has 1 saturated heterocycles. The average molecular weight is 418 g/mol. The van der Waals surface area contributed by atoms with Crippen molar-refractivity contribution in [3.05, 3.63) is 71.1 Å². The molecule has 1 N–H and O–H groups in total. The van der Waals surface area contributed by atoms with Crippen molar-refractivity contribution in [2.45, 2.75) is 33.2 Å². The van der Waals surface area contributed by atoms with Crippen LogP contribution >= 0.6 is 0 Å². The minimum absolute atomic E-state index is 0.0191. The van der Waals surface area contributed by atoms with Crippen LogP contribution in [0.5, 0.6) is 0 Å². The molecule has 0 bridgehead atoms. The van der Waals surface area contributed by atoms with Crippen molar-refractivity contribution in [2.75, 3.05) is 13.1 Å². The van der Waals surface area contributed by atoms with E-state index in [1.807, 2.05) is 48.2 Å². The number of hydrogen-bond acceptors (Lipinski definition) is 5. The number of benzene rings is 2. The second-order valence-corrected chi connectivity index (χ2v) is 7.98. The van der Waals surface area contributed by atoms with Crippen LogP contribution in [0.3, 0.4) is 0 Å². The first kappa shape index (κ1) is 20.8. The number of likely N-dealkylation sites (tertiary alicyclic amines) is 1. The molecule has 160 valence electrons. The van der Waals surface area contributed by atoms with Crippen LogP contribution in [0.2, 0.25) is 0 Å². The van der Waals surface area contributed by atoms with Gasteiger partial charge in [0.15, 0.2) is 0 Å². The van der Waals surface area contributed by atoms with Gasteiger partial charge in [-0.05, 0) is 37.5 Å². The molecule has 1 aliphatic heterocycles. The van der Waals surface area contributed by atoms with Gasteiger partial charge in [0.05, 0.1) is 0 Å². The third-order valence-corrected chi connectivity index (χ3v) is 5.66. The average Bonchev–Trinajstić information content (AvgIpc) is 3.24. The Balaban J connectivity index is 1.28. The van der Waals surface area contributed by atoms with Gasteiger partial charge in [-0.1, -0.05) is 47.1 Å². The Labute approximate surface area is 181 Å². The van der Waals surface area contributed by atoms with Gasteiger partial charge in [-0.2, -0.15) is 4.98 Å². The number of rotatable bonds is 5. The molecule has 2 heterocycles. The molecule has 2 aromatic carbocycles. The monoisotopic (exact) mass is 418 g/mol. The first-order chi connectivity index (χ1) is 15.0. The lowest BCUT2D eigenvalue weighted by molar-refractivity contribution is -0.126. The second kappa shape index (κ2) is 9.12. The molecule has 0 radical (unpaired) electrons. The summed E-state index contributed by atoms with van der Waals surface area (Å²) in [5, 5.41) is 6.92. The van der Waals surface area contributed by atoms with Crippen molar-refractivity contribution in [3.8, 4) is 11.4 Å². The number of carbonyl (C=O) groups is 2. The van der Waals surface area contributed by atoms with Crippen LogP contribution < -0.4 is 5.32 Å². The van der Waals surface area contributed by atoms with Crippen LogP contribution in [0.4, 0.5) is 0 Å². The highest BCUT2D eigenvalue weighted by atomic mass is 16.5. The molecule has 3 aromatic rings. The minimum Gasteiger partial charge on any atom is -0.352 e. The van der Waals surface area contributed by atoms with Gasteiger partial charge in [0, 0.05) is 43.6 Å². The van der Waals surface area contributed by atoms with Gasteiger partial charge < -0.3 is 14.7 Å². The fourth-order valence-corrected chi connectivity index (χ4v) is 3.75. The number of amides is 2. The summed E-state index contributed by atoms with van der Waals surface area (Å²) in [5.74, 6) is 0.995. The Bertz CT molecular complexity index is 1050. The molecule has 1 fully saturated rings. The lowest BCUT2D eigenvalue weighted by atomic mass is 9.95. The second-order valence-electron chi connectivity index (χ2n) is 7.98. The smallest absolute Gasteiger partial charge is 0.253 e. The Morgan fingerprint density at radius 1 is 1.03 bits per heavy atom. The molecule has 4 rings (SSSR count). The summed E-state index contributed by atoms with van der Waals surface area (Å²) in [5.41, 5.74) is 3.71. The predicted octanol–water partition coefficient (Wildman–Crippen LogP) is 3.52. The van der Waals surface area contributed by atoms with Gasteiger partial charge >= 0.3 is 0 Å². The molecule has 7 heteroatoms. The van der Waals surface area contributed by atoms with E-state index in [-0.39, 0.29) is 17.7 Å². The molecule has 0 unspecified atom stereocenters. The van der Waals surface area contributed by atoms with E-state index in [1.165, 1.54) is 5.56 Å². The van der Waals surface area contributed by atoms with E-state index < -0.39 is 0 Å². The first-order valence-electron chi connectivity index (χ1n) is 10.5. The lowest BCUT2D eigenvalue weighted by Crippen LogP contribution is -2.42. The van der Waals surface area contributed by atoms with Crippen LogP contribution in [0, 0.1) is 19.8 Å². The highest BCUT2D eigenvalue weighted by molar-refractivity contribution is 5.94. The van der Waals surface area contributed by atoms with Gasteiger partial charge in [-0.25, -0.2) is 0 Å². The Morgan fingerprint density at radius 2 is 1.71 bits per heavy atom. The number of piperidine rings is 1. The maximum absolute atomic E-state index is 12.8. The summed E-state index contributed by atoms with van der Waals surface area (Å²) in [7, 11) is 0. The zero-order chi connectivity index (χ0) is 21.8. The van der Waals surface area contributed by atoms with E-state index in [1.54, 1.807) is 19.1 Å². The molecule has 2 amide bonds. The first-order valence-corrected chi connectivity index (χ1v) is 10.5. The predicted molar refractivity (Wildman–Crippen MR) is 116 cm³/mol. The standard InChI is InChI=1S/C24H26N4O3/c1-16-3-5-18(6-4-16)15-25-23(29)20-11-13-28(14-12-20)24(30)21-9-7-19(8-10-21)22-26-17(2)31-27-22/h3-10,20H,11-15H2,1-2H3,(H,25,29). The fraction of sp³-hybridized carbons (Fsp3) is 0.333. The van der Waals surface area contributed by atoms with Crippen molar-refractivity contribution in [3.63, 3.8) is 0 Å². The van der Waals surface area contributed by atoms with Crippen molar-refractivity contribution in [1.29, 1.82) is 0 Å². The van der Waals surface area contributed by atoms with Crippen molar-refractivity contribution < 1.29 is 14.1 Å². The molecular formula is C24H26N4O3. The van der Waals surface area contributed by atoms with E-state index in [0.717, 1.165) is 11.1 Å². The summed E-state index contributed by atoms with van der Waals surface area (Å²) in [4.78, 5) is 31.4. The summed E-state index contributed by atoms with van der Waals surface area (Å²) < 4.78 is 5.00. The summed E-state index contributed by atoms with van der Waals surface area (Å²) in [6, 6.07) is 15.4. The molecule has 7 nitrogen and oxygen atoms in total. The third kappa shape index (κ3) is 4.99. The molecule has 1 aromatic heterocycles. The van der Waals surface area contributed by atoms with E-state index in [4.69, 9.17) is 4.52 Å². The number of aryl methyl sites for hydroxylation is 2. The zero-order valence-electron chi connectivity index (χ0n) is 17.8. The van der Waals surface area contributed by atoms with E-state index in [0.29, 0.717) is 49.8 Å². The van der Waals surface area contributed by atoms with E-state index >= 15 is 0 Å². The normalized spacial score (nSPS) is 14.5. The Hall–Kier alpha value is -3.48. The molecule has 31 heavy (non-hydrogen) atoms. The summed E-state index contributed by atoms with van der Waals surface area (Å²) >= 11 is 0. The minimum atomic E-state index is -0.0571. The van der Waals surface area contributed by atoms with Crippen molar-refractivity contribution in [1.82, 2.24) is 20.4 Å².